The van der Waals surface area contributed by atoms with Crippen molar-refractivity contribution in [2.45, 2.75) is 82.8 Å². The fourth-order valence-electron chi connectivity index (χ4n) is 4.29. The minimum Gasteiger partial charge on any atom is -0.507 e. The van der Waals surface area contributed by atoms with Crippen molar-refractivity contribution in [3.05, 3.63) is 64.0 Å². The van der Waals surface area contributed by atoms with Gasteiger partial charge in [-0.15, -0.1) is 10.2 Å². The lowest BCUT2D eigenvalue weighted by Crippen LogP contribution is -2.20. The molecule has 1 heterocycles. The summed E-state index contributed by atoms with van der Waals surface area (Å²) in [5.41, 5.74) is 1.87. The zero-order valence-electron chi connectivity index (χ0n) is 22.0. The number of rotatable bonds is 12. The molecule has 0 fully saturated rings. The molecular weight excluding hydrogens is 492 g/mol. The molecule has 1 aromatic heterocycles. The molecule has 198 valence electrons. The zero-order valence-corrected chi connectivity index (χ0v) is 22.8. The number of aromatic amines is 1. The van der Waals surface area contributed by atoms with Gasteiger partial charge in [0.1, 0.15) is 5.75 Å². The van der Waals surface area contributed by atoms with Gasteiger partial charge in [0.25, 0.3) is 0 Å². The van der Waals surface area contributed by atoms with Gasteiger partial charge < -0.3 is 5.11 Å². The Morgan fingerprint density at radius 3 is 2.30 bits per heavy atom. The van der Waals surface area contributed by atoms with Crippen LogP contribution in [0, 0.1) is 6.92 Å². The average molecular weight is 527 g/mol. The third-order valence-corrected chi connectivity index (χ3v) is 8.32. The van der Waals surface area contributed by atoms with Crippen LogP contribution < -0.4 is 0 Å². The molecule has 2 N–H and O–H groups in total. The van der Waals surface area contributed by atoms with Crippen LogP contribution in [0.25, 0.3) is 0 Å². The fraction of sp³-hybridized carbons (Fsp3) is 0.444. The fourth-order valence-corrected chi connectivity index (χ4v) is 5.79. The van der Waals surface area contributed by atoms with Crippen LogP contribution in [0.5, 0.6) is 5.75 Å². The molecule has 3 rings (SSSR count). The van der Waals surface area contributed by atoms with Crippen LogP contribution in [0.2, 0.25) is 0 Å². The molecular formula is C27H34N4O5S. The van der Waals surface area contributed by atoms with E-state index >= 15 is 0 Å². The number of aryl methyl sites for hydroxylation is 1. The Hall–Kier alpha value is -3.40. The number of Topliss-reactive ketones (excluding diaryl/α,β-unsaturated/α-hetero) is 2. The van der Waals surface area contributed by atoms with Crippen molar-refractivity contribution in [1.82, 2.24) is 20.6 Å². The molecule has 0 saturated carbocycles. The summed E-state index contributed by atoms with van der Waals surface area (Å²) in [6.07, 6.45) is 2.14. The van der Waals surface area contributed by atoms with Crippen molar-refractivity contribution in [3.8, 4) is 5.75 Å². The molecule has 0 bridgehead atoms. The maximum atomic E-state index is 13.3. The van der Waals surface area contributed by atoms with Gasteiger partial charge in [-0.1, -0.05) is 51.5 Å². The number of phenols is 1. The van der Waals surface area contributed by atoms with Crippen molar-refractivity contribution < 1.29 is 23.1 Å². The Kier molecular flexibility index (Phi) is 8.63. The number of nitrogens with one attached hydrogen (secondary N) is 1. The first-order valence-electron chi connectivity index (χ1n) is 12.4. The highest BCUT2D eigenvalue weighted by Crippen LogP contribution is 2.34. The first kappa shape index (κ1) is 28.2. The van der Waals surface area contributed by atoms with Crippen molar-refractivity contribution in [3.63, 3.8) is 0 Å². The number of ketones is 2. The highest BCUT2D eigenvalue weighted by atomic mass is 32.2. The number of nitrogens with zero attached hydrogens (tertiary/aromatic N) is 3. The lowest BCUT2D eigenvalue weighted by Gasteiger charge is -2.19. The Morgan fingerprint density at radius 2 is 1.73 bits per heavy atom. The van der Waals surface area contributed by atoms with Crippen LogP contribution >= 0.6 is 0 Å². The molecule has 0 atom stereocenters. The first-order chi connectivity index (χ1) is 17.4. The largest absolute Gasteiger partial charge is 0.507 e. The predicted octanol–water partition coefficient (Wildman–Crippen LogP) is 4.67. The molecule has 0 amide bonds. The summed E-state index contributed by atoms with van der Waals surface area (Å²) in [6, 6.07) is 7.50. The number of hydrogen-bond donors (Lipinski definition) is 2. The van der Waals surface area contributed by atoms with E-state index < -0.39 is 15.3 Å². The number of tetrazole rings is 1. The number of H-pyrrole nitrogens is 1. The number of aromatic hydroxyl groups is 1. The second-order valence-electron chi connectivity index (χ2n) is 9.90. The van der Waals surface area contributed by atoms with Gasteiger partial charge in [-0.3, -0.25) is 9.59 Å². The van der Waals surface area contributed by atoms with Crippen LogP contribution in [-0.2, 0) is 27.4 Å². The number of carbonyl (C=O) groups is 2. The molecule has 10 heteroatoms. The summed E-state index contributed by atoms with van der Waals surface area (Å²) in [5, 5.41) is 24.8. The number of phenolic OH excluding ortho intramolecular Hbond substituents is 1. The van der Waals surface area contributed by atoms with E-state index in [1.807, 2.05) is 20.8 Å². The standard InChI is InChI=1S/C27H34N4O5S/c1-6-8-20-22(17(3)15-21(25(20)34)23(32)7-2)16-37(35,36)19-11-9-18(10-12-19)24(33)13-14-27(4,5)26-28-30-31-29-26/h9-12,15,34H,6-8,13-14,16H2,1-5H3,(H,28,29,30,31). The SMILES string of the molecule is CCCc1c(O)c(C(=O)CC)cc(C)c1CS(=O)(=O)c1ccc(C(=O)CCC(C)(C)c2nn[nH]n2)cc1. The lowest BCUT2D eigenvalue weighted by molar-refractivity contribution is 0.0968. The van der Waals surface area contributed by atoms with Crippen molar-refractivity contribution >= 4 is 21.4 Å². The average Bonchev–Trinajstić information content (AvgIpc) is 3.42. The molecule has 0 saturated heterocycles. The Bertz CT molecular complexity index is 1380. The molecule has 0 spiro atoms. The summed E-state index contributed by atoms with van der Waals surface area (Å²) < 4.78 is 26.6. The summed E-state index contributed by atoms with van der Waals surface area (Å²) in [6.45, 7) is 9.27. The van der Waals surface area contributed by atoms with Crippen LogP contribution in [0.15, 0.2) is 35.2 Å². The highest BCUT2D eigenvalue weighted by molar-refractivity contribution is 7.90. The Morgan fingerprint density at radius 1 is 1.05 bits per heavy atom. The van der Waals surface area contributed by atoms with Crippen molar-refractivity contribution in [2.24, 2.45) is 0 Å². The quantitative estimate of drug-likeness (QED) is 0.324. The summed E-state index contributed by atoms with van der Waals surface area (Å²) in [4.78, 5) is 25.1. The number of benzene rings is 2. The van der Waals surface area contributed by atoms with Gasteiger partial charge in [-0.2, -0.15) is 5.21 Å². The molecule has 2 aromatic carbocycles. The van der Waals surface area contributed by atoms with E-state index in [1.54, 1.807) is 19.9 Å². The third kappa shape index (κ3) is 6.30. The summed E-state index contributed by atoms with van der Waals surface area (Å²) in [7, 11) is -3.77. The van der Waals surface area contributed by atoms with Gasteiger partial charge in [0.05, 0.1) is 16.2 Å². The van der Waals surface area contributed by atoms with E-state index in [9.17, 15) is 23.1 Å². The third-order valence-electron chi connectivity index (χ3n) is 6.66. The van der Waals surface area contributed by atoms with E-state index in [1.165, 1.54) is 24.3 Å². The maximum absolute atomic E-state index is 13.3. The van der Waals surface area contributed by atoms with E-state index in [0.29, 0.717) is 47.3 Å². The molecule has 9 nitrogen and oxygen atoms in total. The van der Waals surface area contributed by atoms with Crippen LogP contribution in [0.4, 0.5) is 0 Å². The monoisotopic (exact) mass is 526 g/mol. The number of carbonyl (C=O) groups excluding carboxylic acids is 2. The van der Waals surface area contributed by atoms with E-state index in [2.05, 4.69) is 20.6 Å². The number of aromatic nitrogens is 4. The highest BCUT2D eigenvalue weighted by Gasteiger charge is 2.27. The molecule has 37 heavy (non-hydrogen) atoms. The van der Waals surface area contributed by atoms with Gasteiger partial charge >= 0.3 is 0 Å². The van der Waals surface area contributed by atoms with Crippen molar-refractivity contribution in [2.75, 3.05) is 0 Å². The molecule has 3 aromatic rings. The summed E-state index contributed by atoms with van der Waals surface area (Å²) >= 11 is 0. The van der Waals surface area contributed by atoms with Gasteiger partial charge in [0.15, 0.2) is 27.2 Å². The van der Waals surface area contributed by atoms with Crippen LogP contribution in [-0.4, -0.2) is 45.7 Å². The van der Waals surface area contributed by atoms with Gasteiger partial charge in [-0.25, -0.2) is 8.42 Å². The maximum Gasteiger partial charge on any atom is 0.182 e. The van der Waals surface area contributed by atoms with Crippen LogP contribution in [0.1, 0.15) is 96.6 Å². The minimum atomic E-state index is -3.77. The Labute approximate surface area is 217 Å². The van der Waals surface area contributed by atoms with Crippen molar-refractivity contribution in [1.29, 1.82) is 0 Å². The molecule has 0 unspecified atom stereocenters. The van der Waals surface area contributed by atoms with E-state index in [0.717, 1.165) is 0 Å². The summed E-state index contributed by atoms with van der Waals surface area (Å²) in [5.74, 6) is -0.211. The second-order valence-corrected chi connectivity index (χ2v) is 11.9. The number of hydrogen-bond acceptors (Lipinski definition) is 8. The Balaban J connectivity index is 1.81. The van der Waals surface area contributed by atoms with E-state index in [-0.39, 0.29) is 46.4 Å². The first-order valence-corrected chi connectivity index (χ1v) is 14.0. The normalized spacial score (nSPS) is 12.0. The molecule has 0 aliphatic carbocycles. The molecule has 0 aliphatic heterocycles. The van der Waals surface area contributed by atoms with Crippen LogP contribution in [0.3, 0.4) is 0 Å². The molecule has 0 aliphatic rings. The second kappa shape index (κ2) is 11.3. The smallest absolute Gasteiger partial charge is 0.182 e. The topological polar surface area (TPSA) is 143 Å². The number of sulfone groups is 1. The lowest BCUT2D eigenvalue weighted by atomic mass is 9.85. The zero-order chi connectivity index (χ0) is 27.4. The minimum absolute atomic E-state index is 0.0891. The molecule has 0 radical (unpaired) electrons. The van der Waals surface area contributed by atoms with E-state index in [4.69, 9.17) is 0 Å². The van der Waals surface area contributed by atoms with Gasteiger partial charge in [0, 0.05) is 23.8 Å². The van der Waals surface area contributed by atoms with Gasteiger partial charge in [0.2, 0.25) is 0 Å². The van der Waals surface area contributed by atoms with Gasteiger partial charge in [-0.05, 0) is 54.7 Å². The predicted molar refractivity (Wildman–Crippen MR) is 140 cm³/mol.